The number of rotatable bonds is 4. The van der Waals surface area contributed by atoms with Crippen LogP contribution in [0.5, 0.6) is 0 Å². The van der Waals surface area contributed by atoms with E-state index in [1.165, 1.54) is 11.4 Å². The summed E-state index contributed by atoms with van der Waals surface area (Å²) in [5.41, 5.74) is 0.444. The van der Waals surface area contributed by atoms with E-state index in [2.05, 4.69) is 30.8 Å². The number of carbonyl (C=O) groups is 1. The summed E-state index contributed by atoms with van der Waals surface area (Å²) in [6.45, 7) is 6.87. The van der Waals surface area contributed by atoms with Gasteiger partial charge in [0.15, 0.2) is 0 Å². The molecule has 1 aliphatic carbocycles. The Balaban J connectivity index is 1.51. The number of amides is 2. The van der Waals surface area contributed by atoms with Crippen LogP contribution in [-0.2, 0) is 6.54 Å². The average Bonchev–Trinajstić information content (AvgIpc) is 2.98. The van der Waals surface area contributed by atoms with E-state index in [0.717, 1.165) is 32.5 Å². The van der Waals surface area contributed by atoms with Crippen molar-refractivity contribution >= 4 is 17.4 Å². The summed E-state index contributed by atoms with van der Waals surface area (Å²) < 4.78 is 0. The fourth-order valence-electron chi connectivity index (χ4n) is 3.73. The lowest BCUT2D eigenvalue weighted by molar-refractivity contribution is 0.119. The lowest BCUT2D eigenvalue weighted by Crippen LogP contribution is -2.48. The number of urea groups is 1. The number of hydrogen-bond donors (Lipinski definition) is 0. The van der Waals surface area contributed by atoms with E-state index in [0.29, 0.717) is 11.5 Å². The van der Waals surface area contributed by atoms with Gasteiger partial charge in [-0.05, 0) is 45.6 Å². The zero-order valence-electron chi connectivity index (χ0n) is 14.7. The van der Waals surface area contributed by atoms with Crippen molar-refractivity contribution in [3.05, 3.63) is 16.6 Å². The number of likely N-dealkylation sites (tertiary alicyclic amines) is 1. The number of carbonyl (C=O) groups excluding carboxylic acids is 1. The zero-order valence-corrected chi connectivity index (χ0v) is 15.5. The second kappa shape index (κ2) is 6.40. The molecule has 1 saturated carbocycles. The van der Waals surface area contributed by atoms with Crippen LogP contribution in [0.15, 0.2) is 11.6 Å². The van der Waals surface area contributed by atoms with Crippen molar-refractivity contribution in [1.82, 2.24) is 19.7 Å². The van der Waals surface area contributed by atoms with E-state index in [-0.39, 0.29) is 12.1 Å². The summed E-state index contributed by atoms with van der Waals surface area (Å²) in [7, 11) is 4.12. The van der Waals surface area contributed by atoms with Crippen LogP contribution in [0.1, 0.15) is 38.1 Å². The summed E-state index contributed by atoms with van der Waals surface area (Å²) >= 11 is 1.73. The second-order valence-electron chi connectivity index (χ2n) is 7.40. The number of nitrogens with zero attached hydrogens (tertiary/aromatic N) is 4. The molecule has 23 heavy (non-hydrogen) atoms. The largest absolute Gasteiger partial charge is 0.325 e. The first-order valence-electron chi connectivity index (χ1n) is 8.53. The van der Waals surface area contributed by atoms with Gasteiger partial charge in [-0.1, -0.05) is 0 Å². The first-order valence-corrected chi connectivity index (χ1v) is 9.41. The molecule has 0 radical (unpaired) electrons. The number of hydrogen-bond acceptors (Lipinski definition) is 4. The molecule has 0 bridgehead atoms. The summed E-state index contributed by atoms with van der Waals surface area (Å²) in [6, 6.07) is 1.10. The van der Waals surface area contributed by atoms with Gasteiger partial charge in [0.25, 0.3) is 0 Å². The Kier molecular flexibility index (Phi) is 4.65. The van der Waals surface area contributed by atoms with Gasteiger partial charge in [0.1, 0.15) is 5.01 Å². The van der Waals surface area contributed by atoms with Crippen LogP contribution in [0, 0.1) is 5.41 Å². The maximum atomic E-state index is 12.4. The molecule has 1 unspecified atom stereocenters. The highest BCUT2D eigenvalue weighted by Gasteiger charge is 2.57. The molecule has 1 spiro atoms. The van der Waals surface area contributed by atoms with E-state index in [4.69, 9.17) is 0 Å². The van der Waals surface area contributed by atoms with Gasteiger partial charge in [0.2, 0.25) is 0 Å². The van der Waals surface area contributed by atoms with Crippen LogP contribution in [-0.4, -0.2) is 65.0 Å². The van der Waals surface area contributed by atoms with E-state index in [9.17, 15) is 4.79 Å². The lowest BCUT2D eigenvalue weighted by Gasteiger charge is -2.37. The van der Waals surface area contributed by atoms with Gasteiger partial charge in [0.05, 0.1) is 6.54 Å². The Hall–Kier alpha value is -1.14. The van der Waals surface area contributed by atoms with Gasteiger partial charge in [-0.25, -0.2) is 9.78 Å². The van der Waals surface area contributed by atoms with Gasteiger partial charge in [-0.2, -0.15) is 0 Å². The topological polar surface area (TPSA) is 39.7 Å². The van der Waals surface area contributed by atoms with Crippen molar-refractivity contribution in [2.45, 2.75) is 51.7 Å². The molecule has 1 saturated heterocycles. The molecule has 2 aliphatic rings. The molecule has 1 aliphatic heterocycles. The fourth-order valence-corrected chi connectivity index (χ4v) is 4.41. The molecule has 1 aromatic rings. The van der Waals surface area contributed by atoms with Crippen molar-refractivity contribution in [2.75, 3.05) is 27.2 Å². The highest BCUT2D eigenvalue weighted by molar-refractivity contribution is 7.09. The Morgan fingerprint density at radius 2 is 2.13 bits per heavy atom. The summed E-state index contributed by atoms with van der Waals surface area (Å²) in [4.78, 5) is 23.2. The Bertz CT molecular complexity index is 537. The third-order valence-electron chi connectivity index (χ3n) is 5.65. The standard InChI is InChI=1S/C17H28N4OS/c1-13(2)20(4)16(22)21-8-5-17(6-9-21)11-14(17)19(3)12-15-18-7-10-23-15/h7,10,13-14H,5-6,8-9,11-12H2,1-4H3. The highest BCUT2D eigenvalue weighted by Crippen LogP contribution is 2.56. The molecule has 6 heteroatoms. The minimum absolute atomic E-state index is 0.184. The van der Waals surface area contributed by atoms with Crippen LogP contribution < -0.4 is 0 Å². The normalized spacial score (nSPS) is 22.9. The first kappa shape index (κ1) is 16.7. The van der Waals surface area contributed by atoms with E-state index in [1.807, 2.05) is 28.4 Å². The van der Waals surface area contributed by atoms with Crippen LogP contribution in [0.3, 0.4) is 0 Å². The monoisotopic (exact) mass is 336 g/mol. The predicted octanol–water partition coefficient (Wildman–Crippen LogP) is 2.89. The fraction of sp³-hybridized carbons (Fsp3) is 0.765. The maximum Gasteiger partial charge on any atom is 0.319 e. The highest BCUT2D eigenvalue weighted by atomic mass is 32.1. The molecule has 5 nitrogen and oxygen atoms in total. The van der Waals surface area contributed by atoms with Crippen LogP contribution in [0.4, 0.5) is 4.79 Å². The maximum absolute atomic E-state index is 12.4. The van der Waals surface area contributed by atoms with E-state index >= 15 is 0 Å². The van der Waals surface area contributed by atoms with Gasteiger partial charge < -0.3 is 9.80 Å². The minimum atomic E-state index is 0.184. The molecule has 0 aromatic carbocycles. The number of thiazole rings is 1. The third-order valence-corrected chi connectivity index (χ3v) is 6.42. The number of piperidine rings is 1. The van der Waals surface area contributed by atoms with Gasteiger partial charge in [0, 0.05) is 43.8 Å². The van der Waals surface area contributed by atoms with E-state index < -0.39 is 0 Å². The SMILES string of the molecule is CC(C)N(C)C(=O)N1CCC2(CC1)CC2N(C)Cc1nccs1. The van der Waals surface area contributed by atoms with Crippen LogP contribution >= 0.6 is 11.3 Å². The smallest absolute Gasteiger partial charge is 0.319 e. The van der Waals surface area contributed by atoms with Gasteiger partial charge in [-0.15, -0.1) is 11.3 Å². The molecule has 2 heterocycles. The summed E-state index contributed by atoms with van der Waals surface area (Å²) in [5, 5.41) is 3.24. The van der Waals surface area contributed by atoms with E-state index in [1.54, 1.807) is 11.3 Å². The Labute approximate surface area is 143 Å². The molecule has 128 valence electrons. The van der Waals surface area contributed by atoms with Crippen molar-refractivity contribution < 1.29 is 4.79 Å². The van der Waals surface area contributed by atoms with Gasteiger partial charge in [-0.3, -0.25) is 4.90 Å². The van der Waals surface area contributed by atoms with Crippen LogP contribution in [0.25, 0.3) is 0 Å². The van der Waals surface area contributed by atoms with Gasteiger partial charge >= 0.3 is 6.03 Å². The molecule has 2 amide bonds. The first-order chi connectivity index (χ1) is 10.9. The second-order valence-corrected chi connectivity index (χ2v) is 8.38. The molecule has 0 N–H and O–H groups in total. The Morgan fingerprint density at radius 3 is 2.70 bits per heavy atom. The van der Waals surface area contributed by atoms with Crippen molar-refractivity contribution in [3.63, 3.8) is 0 Å². The van der Waals surface area contributed by atoms with Crippen molar-refractivity contribution in [3.8, 4) is 0 Å². The summed E-state index contributed by atoms with van der Waals surface area (Å²) in [6.07, 6.45) is 5.43. The van der Waals surface area contributed by atoms with Crippen molar-refractivity contribution in [2.24, 2.45) is 5.41 Å². The molecular weight excluding hydrogens is 308 g/mol. The molecule has 3 rings (SSSR count). The minimum Gasteiger partial charge on any atom is -0.325 e. The van der Waals surface area contributed by atoms with Crippen LogP contribution in [0.2, 0.25) is 0 Å². The molecule has 1 atom stereocenters. The van der Waals surface area contributed by atoms with Crippen molar-refractivity contribution in [1.29, 1.82) is 0 Å². The molecule has 2 fully saturated rings. The number of aromatic nitrogens is 1. The predicted molar refractivity (Wildman–Crippen MR) is 93.5 cm³/mol. The Morgan fingerprint density at radius 1 is 1.43 bits per heavy atom. The third kappa shape index (κ3) is 3.38. The zero-order chi connectivity index (χ0) is 16.6. The quantitative estimate of drug-likeness (QED) is 0.849. The summed E-state index contributed by atoms with van der Waals surface area (Å²) in [5.74, 6) is 0. The molecule has 1 aromatic heterocycles. The lowest BCUT2D eigenvalue weighted by atomic mass is 9.92. The molecular formula is C17H28N4OS. The average molecular weight is 337 g/mol.